The summed E-state index contributed by atoms with van der Waals surface area (Å²) in [5.41, 5.74) is 4.41. The van der Waals surface area contributed by atoms with Gasteiger partial charge >= 0.3 is 0 Å². The number of fused-ring (bicyclic) bond motifs is 5. The SMILES string of the molecule is C[C@@H]1CN=C2[C@@H](C)[C@@]3(CC[C@H]4[C@@H]5CC=C6C[C@@H](O)CC[C@]6(C)[C@H]5CC45CC5(C)C3)O[C@@H]2C1. The average molecular weight is 438 g/mol. The molecule has 0 aromatic rings. The maximum atomic E-state index is 10.3. The van der Waals surface area contributed by atoms with Crippen LogP contribution >= 0.6 is 0 Å². The number of allylic oxidation sites excluding steroid dienone is 1. The molecule has 2 heterocycles. The van der Waals surface area contributed by atoms with Gasteiger partial charge in [0.2, 0.25) is 0 Å². The second-order valence-corrected chi connectivity index (χ2v) is 14.0. The predicted octanol–water partition coefficient (Wildman–Crippen LogP) is 5.95. The van der Waals surface area contributed by atoms with Gasteiger partial charge in [0.05, 0.1) is 17.8 Å². The zero-order valence-corrected chi connectivity index (χ0v) is 20.7. The Morgan fingerprint density at radius 1 is 1.09 bits per heavy atom. The standard InChI is InChI=1S/C29H43NO2/c1-17-11-24-25(30-14-17)18(2)29(32-24)10-8-22-21-6-5-19-12-20(31)7-9-27(19,4)23(21)13-28(22)15-26(28,3)16-29/h5,17-18,20-24,31H,6-16H2,1-4H3/t17-,18+,20-,21-,22-,23-,24+,26?,27-,28?,29-/m0/s1. The summed E-state index contributed by atoms with van der Waals surface area (Å²) in [4.78, 5) is 5.05. The lowest BCUT2D eigenvalue weighted by atomic mass is 9.56. The maximum Gasteiger partial charge on any atom is 0.0966 e. The van der Waals surface area contributed by atoms with Crippen molar-refractivity contribution in [1.29, 1.82) is 0 Å². The fourth-order valence-electron chi connectivity index (χ4n) is 10.6. The molecule has 32 heavy (non-hydrogen) atoms. The van der Waals surface area contributed by atoms with Gasteiger partial charge in [0.15, 0.2) is 0 Å². The lowest BCUT2D eigenvalue weighted by molar-refractivity contribution is -0.0820. The molecule has 2 spiro atoms. The number of aliphatic hydroxyl groups is 1. The second kappa shape index (κ2) is 6.30. The van der Waals surface area contributed by atoms with E-state index in [2.05, 4.69) is 33.8 Å². The van der Waals surface area contributed by atoms with Crippen molar-refractivity contribution in [3.05, 3.63) is 11.6 Å². The van der Waals surface area contributed by atoms with E-state index in [4.69, 9.17) is 9.73 Å². The van der Waals surface area contributed by atoms with Gasteiger partial charge in [-0.3, -0.25) is 4.99 Å². The average Bonchev–Trinajstić information content (AvgIpc) is 3.06. The molecule has 0 amide bonds. The van der Waals surface area contributed by atoms with E-state index in [0.717, 1.165) is 37.1 Å². The smallest absolute Gasteiger partial charge is 0.0966 e. The summed E-state index contributed by atoms with van der Waals surface area (Å²) in [6, 6.07) is 0. The van der Waals surface area contributed by atoms with E-state index in [1.165, 1.54) is 57.1 Å². The Hall–Kier alpha value is -0.670. The van der Waals surface area contributed by atoms with Crippen LogP contribution in [0, 0.1) is 45.8 Å². The summed E-state index contributed by atoms with van der Waals surface area (Å²) in [5, 5.41) is 10.3. The molecule has 3 heteroatoms. The van der Waals surface area contributed by atoms with Crippen LogP contribution in [-0.4, -0.2) is 35.2 Å². The molecular formula is C29H43NO2. The first-order valence-corrected chi connectivity index (χ1v) is 13.8. The van der Waals surface area contributed by atoms with Gasteiger partial charge in [0.1, 0.15) is 0 Å². The van der Waals surface area contributed by atoms with E-state index in [-0.39, 0.29) is 11.7 Å². The van der Waals surface area contributed by atoms with Gasteiger partial charge < -0.3 is 9.84 Å². The number of aliphatic imine (C=N–C) groups is 1. The summed E-state index contributed by atoms with van der Waals surface area (Å²) in [5.74, 6) is 3.73. The summed E-state index contributed by atoms with van der Waals surface area (Å²) in [6.07, 6.45) is 15.1. The van der Waals surface area contributed by atoms with E-state index in [9.17, 15) is 5.11 Å². The maximum absolute atomic E-state index is 10.3. The highest BCUT2D eigenvalue weighted by Gasteiger charge is 2.77. The molecule has 7 rings (SSSR count). The third-order valence-corrected chi connectivity index (χ3v) is 12.5. The molecule has 3 nitrogen and oxygen atoms in total. The highest BCUT2D eigenvalue weighted by molar-refractivity contribution is 5.94. The molecule has 0 aromatic heterocycles. The van der Waals surface area contributed by atoms with Crippen LogP contribution in [0.15, 0.2) is 16.6 Å². The fourth-order valence-corrected chi connectivity index (χ4v) is 10.6. The molecule has 2 unspecified atom stereocenters. The van der Waals surface area contributed by atoms with Crippen LogP contribution in [0.3, 0.4) is 0 Å². The van der Waals surface area contributed by atoms with Gasteiger partial charge in [-0.05, 0) is 104 Å². The quantitative estimate of drug-likeness (QED) is 0.476. The van der Waals surface area contributed by atoms with Crippen molar-refractivity contribution in [3.8, 4) is 0 Å². The minimum Gasteiger partial charge on any atom is -0.393 e. The van der Waals surface area contributed by atoms with Crippen molar-refractivity contribution in [1.82, 2.24) is 0 Å². The number of nitrogens with zero attached hydrogens (tertiary/aromatic N) is 1. The van der Waals surface area contributed by atoms with Crippen LogP contribution in [0.5, 0.6) is 0 Å². The van der Waals surface area contributed by atoms with E-state index in [1.807, 2.05) is 0 Å². The van der Waals surface area contributed by atoms with Gasteiger partial charge in [0, 0.05) is 18.2 Å². The van der Waals surface area contributed by atoms with Crippen LogP contribution in [0.2, 0.25) is 0 Å². The van der Waals surface area contributed by atoms with Crippen molar-refractivity contribution >= 4 is 5.71 Å². The molecule has 176 valence electrons. The van der Waals surface area contributed by atoms with E-state index in [0.29, 0.717) is 34.2 Å². The number of rotatable bonds is 0. The zero-order chi connectivity index (χ0) is 22.1. The van der Waals surface area contributed by atoms with Gasteiger partial charge in [-0.1, -0.05) is 39.3 Å². The molecule has 0 radical (unpaired) electrons. The second-order valence-electron chi connectivity index (χ2n) is 14.0. The highest BCUT2D eigenvalue weighted by atomic mass is 16.5. The third-order valence-electron chi connectivity index (χ3n) is 12.5. The summed E-state index contributed by atoms with van der Waals surface area (Å²) in [7, 11) is 0. The lowest BCUT2D eigenvalue weighted by Gasteiger charge is -2.49. The lowest BCUT2D eigenvalue weighted by Crippen LogP contribution is -2.41. The third kappa shape index (κ3) is 2.43. The Labute approximate surface area is 194 Å². The van der Waals surface area contributed by atoms with Crippen LogP contribution in [0.1, 0.15) is 91.9 Å². The topological polar surface area (TPSA) is 41.8 Å². The Bertz CT molecular complexity index is 909. The Morgan fingerprint density at radius 2 is 1.94 bits per heavy atom. The van der Waals surface area contributed by atoms with E-state index in [1.54, 1.807) is 5.57 Å². The Morgan fingerprint density at radius 3 is 2.78 bits per heavy atom. The molecule has 0 bridgehead atoms. The highest BCUT2D eigenvalue weighted by Crippen LogP contribution is 2.83. The molecule has 7 aliphatic rings. The largest absolute Gasteiger partial charge is 0.393 e. The fraction of sp³-hybridized carbons (Fsp3) is 0.897. The minimum absolute atomic E-state index is 0.0418. The van der Waals surface area contributed by atoms with Crippen molar-refractivity contribution in [2.45, 2.75) is 110 Å². The molecule has 0 aromatic carbocycles. The zero-order valence-electron chi connectivity index (χ0n) is 20.7. The molecule has 5 fully saturated rings. The van der Waals surface area contributed by atoms with Crippen molar-refractivity contribution in [3.63, 3.8) is 0 Å². The molecule has 1 saturated heterocycles. The van der Waals surface area contributed by atoms with Crippen molar-refractivity contribution < 1.29 is 9.84 Å². The molecule has 5 aliphatic carbocycles. The first-order valence-electron chi connectivity index (χ1n) is 13.8. The molecule has 2 aliphatic heterocycles. The van der Waals surface area contributed by atoms with E-state index < -0.39 is 0 Å². The van der Waals surface area contributed by atoms with Gasteiger partial charge in [-0.2, -0.15) is 0 Å². The normalized spacial score (nSPS) is 60.3. The van der Waals surface area contributed by atoms with Gasteiger partial charge in [0.25, 0.3) is 0 Å². The number of aliphatic hydroxyl groups excluding tert-OH is 1. The van der Waals surface area contributed by atoms with Gasteiger partial charge in [-0.15, -0.1) is 0 Å². The summed E-state index contributed by atoms with van der Waals surface area (Å²) < 4.78 is 7.06. The Balaban J connectivity index is 1.21. The molecule has 1 N–H and O–H groups in total. The van der Waals surface area contributed by atoms with E-state index >= 15 is 0 Å². The van der Waals surface area contributed by atoms with Crippen LogP contribution < -0.4 is 0 Å². The number of ether oxygens (including phenoxy) is 1. The van der Waals surface area contributed by atoms with Crippen molar-refractivity contribution in [2.75, 3.05) is 6.54 Å². The summed E-state index contributed by atoms with van der Waals surface area (Å²) >= 11 is 0. The molecular weight excluding hydrogens is 394 g/mol. The monoisotopic (exact) mass is 437 g/mol. The van der Waals surface area contributed by atoms with Crippen LogP contribution in [0.25, 0.3) is 0 Å². The predicted molar refractivity (Wildman–Crippen MR) is 128 cm³/mol. The van der Waals surface area contributed by atoms with Crippen LogP contribution in [-0.2, 0) is 4.74 Å². The van der Waals surface area contributed by atoms with Gasteiger partial charge in [-0.25, -0.2) is 0 Å². The summed E-state index contributed by atoms with van der Waals surface area (Å²) in [6.45, 7) is 11.0. The minimum atomic E-state index is -0.0999. The van der Waals surface area contributed by atoms with Crippen molar-refractivity contribution in [2.24, 2.45) is 50.8 Å². The Kier molecular flexibility index (Phi) is 4.07. The number of hydrogen-bond acceptors (Lipinski definition) is 3. The number of hydrogen-bond donors (Lipinski definition) is 1. The van der Waals surface area contributed by atoms with Crippen LogP contribution in [0.4, 0.5) is 0 Å². The first-order chi connectivity index (χ1) is 15.2. The first kappa shape index (κ1) is 20.7. The molecule has 11 atom stereocenters. The molecule has 4 saturated carbocycles.